The maximum Gasteiger partial charge on any atom is 0.137 e. The first kappa shape index (κ1) is 27.4. The first-order valence-electron chi connectivity index (χ1n) is 16.4. The van der Waals surface area contributed by atoms with Crippen LogP contribution in [-0.2, 0) is 0 Å². The Hall–Kier alpha value is -6.72. The van der Waals surface area contributed by atoms with E-state index in [1.165, 1.54) is 10.8 Å². The standard InChI is InChI=1S/C44H27N5/c1-3-11-33-28(8-1)19-22-46-42(33)30-15-17-40-37(24-30)39-25-38(43-34-12-4-2-9-29(34)20-23-47-43)35-13-5-6-14-36(35)44(39)49(40)41-18-16-32(27-48-41)31-10-7-21-45-26-31/h1-27H. The minimum Gasteiger partial charge on any atom is -0.293 e. The lowest BCUT2D eigenvalue weighted by molar-refractivity contribution is 1.08. The summed E-state index contributed by atoms with van der Waals surface area (Å²) < 4.78 is 2.31. The van der Waals surface area contributed by atoms with Crippen molar-refractivity contribution in [2.24, 2.45) is 0 Å². The third-order valence-corrected chi connectivity index (χ3v) is 9.62. The molecule has 228 valence electrons. The minimum absolute atomic E-state index is 0.852. The third kappa shape index (κ3) is 4.33. The lowest BCUT2D eigenvalue weighted by Gasteiger charge is -2.13. The molecule has 5 heteroatoms. The number of hydrogen-bond donors (Lipinski definition) is 0. The number of nitrogens with zero attached hydrogens (tertiary/aromatic N) is 5. The summed E-state index contributed by atoms with van der Waals surface area (Å²) in [6.07, 6.45) is 9.42. The summed E-state index contributed by atoms with van der Waals surface area (Å²) in [6.45, 7) is 0. The zero-order chi connectivity index (χ0) is 32.3. The fourth-order valence-corrected chi connectivity index (χ4v) is 7.36. The summed E-state index contributed by atoms with van der Waals surface area (Å²) in [6, 6.07) is 47.0. The molecule has 49 heavy (non-hydrogen) atoms. The molecule has 0 fully saturated rings. The molecule has 0 N–H and O–H groups in total. The summed E-state index contributed by atoms with van der Waals surface area (Å²) >= 11 is 0. The van der Waals surface area contributed by atoms with Gasteiger partial charge >= 0.3 is 0 Å². The van der Waals surface area contributed by atoms with Crippen LogP contribution in [0, 0.1) is 0 Å². The van der Waals surface area contributed by atoms with Gasteiger partial charge in [-0.3, -0.25) is 19.5 Å². The van der Waals surface area contributed by atoms with Crippen LogP contribution in [0.1, 0.15) is 0 Å². The predicted octanol–water partition coefficient (Wildman–Crippen LogP) is 10.8. The van der Waals surface area contributed by atoms with Gasteiger partial charge in [0, 0.05) is 80.2 Å². The van der Waals surface area contributed by atoms with Gasteiger partial charge in [-0.1, -0.05) is 84.9 Å². The molecule has 5 aromatic heterocycles. The van der Waals surface area contributed by atoms with E-state index in [0.717, 1.165) is 82.8 Å². The molecular formula is C44H27N5. The van der Waals surface area contributed by atoms with Gasteiger partial charge in [0.25, 0.3) is 0 Å². The number of aromatic nitrogens is 5. The molecule has 0 aliphatic carbocycles. The van der Waals surface area contributed by atoms with Gasteiger partial charge in [-0.15, -0.1) is 0 Å². The van der Waals surface area contributed by atoms with E-state index in [1.807, 2.05) is 30.9 Å². The van der Waals surface area contributed by atoms with E-state index >= 15 is 0 Å². The van der Waals surface area contributed by atoms with Crippen molar-refractivity contribution in [1.29, 1.82) is 0 Å². The fourth-order valence-electron chi connectivity index (χ4n) is 7.36. The third-order valence-electron chi connectivity index (χ3n) is 9.62. The first-order valence-corrected chi connectivity index (χ1v) is 16.4. The van der Waals surface area contributed by atoms with Gasteiger partial charge < -0.3 is 0 Å². The van der Waals surface area contributed by atoms with Crippen molar-refractivity contribution >= 4 is 54.1 Å². The molecular weight excluding hydrogens is 599 g/mol. The Bertz CT molecular complexity index is 2860. The Morgan fingerprint density at radius 3 is 1.82 bits per heavy atom. The Kier molecular flexibility index (Phi) is 6.11. The van der Waals surface area contributed by atoms with Crippen LogP contribution >= 0.6 is 0 Å². The van der Waals surface area contributed by atoms with Gasteiger partial charge in [0.05, 0.1) is 22.4 Å². The van der Waals surface area contributed by atoms with Gasteiger partial charge in [0.2, 0.25) is 0 Å². The number of fused-ring (bicyclic) bond motifs is 7. The van der Waals surface area contributed by atoms with E-state index in [9.17, 15) is 0 Å². The molecule has 0 spiro atoms. The highest BCUT2D eigenvalue weighted by Crippen LogP contribution is 2.43. The molecule has 0 aliphatic rings. The molecule has 10 aromatic rings. The van der Waals surface area contributed by atoms with Crippen LogP contribution in [0.15, 0.2) is 164 Å². The number of benzene rings is 5. The zero-order valence-corrected chi connectivity index (χ0v) is 26.3. The second-order valence-electron chi connectivity index (χ2n) is 12.3. The Morgan fingerprint density at radius 2 is 1.08 bits per heavy atom. The van der Waals surface area contributed by atoms with Crippen molar-refractivity contribution in [3.63, 3.8) is 0 Å². The first-order chi connectivity index (χ1) is 24.3. The minimum atomic E-state index is 0.852. The van der Waals surface area contributed by atoms with Gasteiger partial charge in [-0.05, 0) is 64.7 Å². The van der Waals surface area contributed by atoms with Crippen molar-refractivity contribution in [3.05, 3.63) is 164 Å². The molecule has 0 amide bonds. The SMILES string of the molecule is c1cncc(-c2ccc(-n3c4ccc(-c5nccc6ccccc56)cc4c4cc(-c5nccc6ccccc56)c5ccccc5c43)nc2)c1. The largest absolute Gasteiger partial charge is 0.293 e. The number of pyridine rings is 4. The van der Waals surface area contributed by atoms with Crippen LogP contribution in [-0.4, -0.2) is 24.5 Å². The predicted molar refractivity (Wildman–Crippen MR) is 201 cm³/mol. The van der Waals surface area contributed by atoms with Gasteiger partial charge in [-0.2, -0.15) is 0 Å². The Balaban J connectivity index is 1.31. The molecule has 0 aliphatic heterocycles. The Labute approximate surface area is 281 Å². The quantitative estimate of drug-likeness (QED) is 0.195. The van der Waals surface area contributed by atoms with Crippen molar-refractivity contribution < 1.29 is 0 Å². The Morgan fingerprint density at radius 1 is 0.408 bits per heavy atom. The zero-order valence-electron chi connectivity index (χ0n) is 26.3. The average molecular weight is 626 g/mol. The fraction of sp³-hybridized carbons (Fsp3) is 0. The highest BCUT2D eigenvalue weighted by atomic mass is 15.1. The van der Waals surface area contributed by atoms with Crippen molar-refractivity contribution in [3.8, 4) is 39.5 Å². The molecule has 0 saturated carbocycles. The van der Waals surface area contributed by atoms with E-state index in [0.29, 0.717) is 0 Å². The maximum absolute atomic E-state index is 5.06. The summed E-state index contributed by atoms with van der Waals surface area (Å²) in [4.78, 5) is 19.2. The van der Waals surface area contributed by atoms with Crippen molar-refractivity contribution in [2.75, 3.05) is 0 Å². The van der Waals surface area contributed by atoms with Crippen LogP contribution in [0.25, 0.3) is 93.6 Å². The molecule has 0 unspecified atom stereocenters. The molecule has 0 radical (unpaired) electrons. The van der Waals surface area contributed by atoms with E-state index in [-0.39, 0.29) is 0 Å². The normalized spacial score (nSPS) is 11.7. The second kappa shape index (κ2) is 10.9. The van der Waals surface area contributed by atoms with Crippen molar-refractivity contribution in [2.45, 2.75) is 0 Å². The van der Waals surface area contributed by atoms with Crippen molar-refractivity contribution in [1.82, 2.24) is 24.5 Å². The number of rotatable bonds is 4. The molecule has 5 aromatic carbocycles. The molecule has 0 bridgehead atoms. The van der Waals surface area contributed by atoms with Crippen LogP contribution in [0.3, 0.4) is 0 Å². The smallest absolute Gasteiger partial charge is 0.137 e. The molecule has 5 heterocycles. The second-order valence-corrected chi connectivity index (χ2v) is 12.3. The van der Waals surface area contributed by atoms with Gasteiger partial charge in [-0.25, -0.2) is 4.98 Å². The van der Waals surface area contributed by atoms with Crippen LogP contribution in [0.2, 0.25) is 0 Å². The van der Waals surface area contributed by atoms with E-state index in [2.05, 4.69) is 137 Å². The maximum atomic E-state index is 5.06. The average Bonchev–Trinajstić information content (AvgIpc) is 3.51. The van der Waals surface area contributed by atoms with E-state index in [4.69, 9.17) is 15.0 Å². The van der Waals surface area contributed by atoms with E-state index < -0.39 is 0 Å². The monoisotopic (exact) mass is 625 g/mol. The molecule has 0 saturated heterocycles. The number of hydrogen-bond acceptors (Lipinski definition) is 4. The molecule has 10 rings (SSSR count). The summed E-state index contributed by atoms with van der Waals surface area (Å²) in [5.74, 6) is 0.852. The van der Waals surface area contributed by atoms with Crippen LogP contribution < -0.4 is 0 Å². The summed E-state index contributed by atoms with van der Waals surface area (Å²) in [5, 5.41) is 9.16. The van der Waals surface area contributed by atoms with Crippen LogP contribution in [0.5, 0.6) is 0 Å². The van der Waals surface area contributed by atoms with Crippen LogP contribution in [0.4, 0.5) is 0 Å². The lowest BCUT2D eigenvalue weighted by Crippen LogP contribution is -1.98. The summed E-state index contributed by atoms with van der Waals surface area (Å²) in [7, 11) is 0. The topological polar surface area (TPSA) is 56.5 Å². The lowest BCUT2D eigenvalue weighted by atomic mass is 9.95. The molecule has 5 nitrogen and oxygen atoms in total. The van der Waals surface area contributed by atoms with Gasteiger partial charge in [0.15, 0.2) is 0 Å². The molecule has 0 atom stereocenters. The summed E-state index contributed by atoms with van der Waals surface area (Å²) in [5.41, 5.74) is 8.37. The van der Waals surface area contributed by atoms with Gasteiger partial charge in [0.1, 0.15) is 5.82 Å². The highest BCUT2D eigenvalue weighted by Gasteiger charge is 2.21. The highest BCUT2D eigenvalue weighted by molar-refractivity contribution is 6.23. The van der Waals surface area contributed by atoms with E-state index in [1.54, 1.807) is 6.20 Å².